The quantitative estimate of drug-likeness (QED) is 0.695. The number of aliphatic hydroxyl groups is 1. The Bertz CT molecular complexity index is 224. The third-order valence-corrected chi connectivity index (χ3v) is 3.85. The normalized spacial score (nSPS) is 25.5. The summed E-state index contributed by atoms with van der Waals surface area (Å²) in [4.78, 5) is 0. The van der Waals surface area contributed by atoms with Crippen LogP contribution in [0.3, 0.4) is 0 Å². The molecule has 1 unspecified atom stereocenters. The van der Waals surface area contributed by atoms with Gasteiger partial charge in [-0.1, -0.05) is 13.8 Å². The topological polar surface area (TPSA) is 41.5 Å². The second kappa shape index (κ2) is 5.03. The molecule has 0 amide bonds. The van der Waals surface area contributed by atoms with Gasteiger partial charge in [-0.3, -0.25) is 0 Å². The molecule has 0 saturated heterocycles. The lowest BCUT2D eigenvalue weighted by molar-refractivity contribution is -0.0506. The van der Waals surface area contributed by atoms with Gasteiger partial charge in [0.2, 0.25) is 0 Å². The lowest BCUT2D eigenvalue weighted by Gasteiger charge is -2.38. The number of aliphatic hydroxyl groups excluding tert-OH is 1. The van der Waals surface area contributed by atoms with Crippen LogP contribution < -0.4 is 5.32 Å². The molecular formula is C13H25NO2. The molecule has 94 valence electrons. The molecule has 0 radical (unpaired) electrons. The Labute approximate surface area is 98.6 Å². The number of hydrogen-bond donors (Lipinski definition) is 2. The lowest BCUT2D eigenvalue weighted by Crippen LogP contribution is -2.57. The fourth-order valence-corrected chi connectivity index (χ4v) is 2.51. The molecule has 16 heavy (non-hydrogen) atoms. The zero-order valence-corrected chi connectivity index (χ0v) is 10.5. The van der Waals surface area contributed by atoms with Crippen molar-refractivity contribution in [2.24, 2.45) is 5.92 Å². The van der Waals surface area contributed by atoms with Gasteiger partial charge in [0.1, 0.15) is 0 Å². The number of ether oxygens (including phenoxy) is 1. The fourth-order valence-electron chi connectivity index (χ4n) is 2.51. The molecular weight excluding hydrogens is 202 g/mol. The van der Waals surface area contributed by atoms with E-state index < -0.39 is 0 Å². The van der Waals surface area contributed by atoms with Crippen LogP contribution in [0.1, 0.15) is 46.0 Å². The van der Waals surface area contributed by atoms with Crippen molar-refractivity contribution in [3.05, 3.63) is 0 Å². The van der Waals surface area contributed by atoms with Crippen LogP contribution in [-0.4, -0.2) is 36.0 Å². The molecule has 2 saturated carbocycles. The minimum absolute atomic E-state index is 0.177. The summed E-state index contributed by atoms with van der Waals surface area (Å²) in [7, 11) is 0. The summed E-state index contributed by atoms with van der Waals surface area (Å²) in [5.41, 5.74) is -0.177. The summed E-state index contributed by atoms with van der Waals surface area (Å²) in [6.07, 6.45) is 6.63. The number of nitrogens with one attached hydrogen (secondary N) is 1. The monoisotopic (exact) mass is 227 g/mol. The van der Waals surface area contributed by atoms with Crippen LogP contribution in [0.4, 0.5) is 0 Å². The van der Waals surface area contributed by atoms with Crippen molar-refractivity contribution in [2.75, 3.05) is 13.2 Å². The first kappa shape index (κ1) is 12.3. The summed E-state index contributed by atoms with van der Waals surface area (Å²) in [6, 6.07) is 0.401. The zero-order chi connectivity index (χ0) is 11.6. The van der Waals surface area contributed by atoms with E-state index >= 15 is 0 Å². The van der Waals surface area contributed by atoms with E-state index in [1.54, 1.807) is 0 Å². The molecule has 0 spiro atoms. The van der Waals surface area contributed by atoms with Gasteiger partial charge < -0.3 is 15.2 Å². The summed E-state index contributed by atoms with van der Waals surface area (Å²) < 4.78 is 5.91. The van der Waals surface area contributed by atoms with E-state index in [1.807, 2.05) is 0 Å². The van der Waals surface area contributed by atoms with E-state index in [2.05, 4.69) is 19.2 Å². The van der Waals surface area contributed by atoms with E-state index in [1.165, 1.54) is 32.1 Å². The molecule has 1 atom stereocenters. The summed E-state index contributed by atoms with van der Waals surface area (Å²) in [5, 5.41) is 13.2. The van der Waals surface area contributed by atoms with Crippen molar-refractivity contribution in [2.45, 2.75) is 63.6 Å². The third kappa shape index (κ3) is 2.76. The highest BCUT2D eigenvalue weighted by Gasteiger charge is 2.45. The summed E-state index contributed by atoms with van der Waals surface area (Å²) in [5.74, 6) is 0.611. The van der Waals surface area contributed by atoms with Crippen molar-refractivity contribution in [1.82, 2.24) is 5.32 Å². The van der Waals surface area contributed by atoms with Gasteiger partial charge >= 0.3 is 0 Å². The Hall–Kier alpha value is -0.120. The maximum Gasteiger partial charge on any atom is 0.0681 e. The van der Waals surface area contributed by atoms with Gasteiger partial charge in [-0.05, 0) is 38.0 Å². The van der Waals surface area contributed by atoms with E-state index in [4.69, 9.17) is 4.74 Å². The van der Waals surface area contributed by atoms with Crippen molar-refractivity contribution < 1.29 is 9.84 Å². The largest absolute Gasteiger partial charge is 0.394 e. The van der Waals surface area contributed by atoms with Crippen molar-refractivity contribution in [1.29, 1.82) is 0 Å². The van der Waals surface area contributed by atoms with Gasteiger partial charge in [0.25, 0.3) is 0 Å². The first-order valence-electron chi connectivity index (χ1n) is 6.66. The first-order chi connectivity index (χ1) is 7.66. The second-order valence-corrected chi connectivity index (χ2v) is 5.75. The van der Waals surface area contributed by atoms with Crippen LogP contribution >= 0.6 is 0 Å². The molecule has 2 aliphatic rings. The maximum atomic E-state index is 9.70. The first-order valence-corrected chi connectivity index (χ1v) is 6.66. The van der Waals surface area contributed by atoms with Crippen molar-refractivity contribution >= 4 is 0 Å². The molecule has 2 aliphatic carbocycles. The number of rotatable bonds is 7. The molecule has 3 heteroatoms. The molecule has 0 aromatic heterocycles. The van der Waals surface area contributed by atoms with Gasteiger partial charge in [0, 0.05) is 6.04 Å². The minimum Gasteiger partial charge on any atom is -0.394 e. The van der Waals surface area contributed by atoms with E-state index in [-0.39, 0.29) is 12.1 Å². The molecule has 0 heterocycles. The Morgan fingerprint density at radius 2 is 2.00 bits per heavy atom. The predicted octanol–water partition coefficient (Wildman–Crippen LogP) is 1.69. The Morgan fingerprint density at radius 3 is 2.38 bits per heavy atom. The molecule has 2 N–H and O–H groups in total. The standard InChI is InChI=1S/C13H25NO2/c1-10(2)14-13(8-15,11-6-7-11)9-16-12-4-3-5-12/h10-12,14-15H,3-9H2,1-2H3. The Morgan fingerprint density at radius 1 is 1.31 bits per heavy atom. The average molecular weight is 227 g/mol. The van der Waals surface area contributed by atoms with Gasteiger partial charge in [0.15, 0.2) is 0 Å². The maximum absolute atomic E-state index is 9.70. The highest BCUT2D eigenvalue weighted by atomic mass is 16.5. The Kier molecular flexibility index (Phi) is 3.88. The smallest absolute Gasteiger partial charge is 0.0681 e. The van der Waals surface area contributed by atoms with Gasteiger partial charge in [-0.15, -0.1) is 0 Å². The second-order valence-electron chi connectivity index (χ2n) is 5.75. The summed E-state index contributed by atoms with van der Waals surface area (Å²) >= 11 is 0. The van der Waals surface area contributed by atoms with Gasteiger partial charge in [-0.2, -0.15) is 0 Å². The molecule has 2 rings (SSSR count). The molecule has 3 nitrogen and oxygen atoms in total. The lowest BCUT2D eigenvalue weighted by atomic mass is 9.92. The molecule has 0 aromatic rings. The minimum atomic E-state index is -0.177. The Balaban J connectivity index is 1.88. The highest BCUT2D eigenvalue weighted by Crippen LogP contribution is 2.40. The van der Waals surface area contributed by atoms with Gasteiger partial charge in [-0.25, -0.2) is 0 Å². The predicted molar refractivity (Wildman–Crippen MR) is 64.4 cm³/mol. The van der Waals surface area contributed by atoms with Gasteiger partial charge in [0.05, 0.1) is 24.9 Å². The fraction of sp³-hybridized carbons (Fsp3) is 1.00. The third-order valence-electron chi connectivity index (χ3n) is 3.85. The van der Waals surface area contributed by atoms with E-state index in [0.717, 1.165) is 0 Å². The molecule has 0 bridgehead atoms. The van der Waals surface area contributed by atoms with Crippen LogP contribution in [0.2, 0.25) is 0 Å². The van der Waals surface area contributed by atoms with Crippen LogP contribution in [0.15, 0.2) is 0 Å². The SMILES string of the molecule is CC(C)NC(CO)(COC1CCC1)C1CC1. The summed E-state index contributed by atoms with van der Waals surface area (Å²) in [6.45, 7) is 5.14. The zero-order valence-electron chi connectivity index (χ0n) is 10.5. The number of hydrogen-bond acceptors (Lipinski definition) is 3. The van der Waals surface area contributed by atoms with Crippen molar-refractivity contribution in [3.63, 3.8) is 0 Å². The van der Waals surface area contributed by atoms with Crippen molar-refractivity contribution in [3.8, 4) is 0 Å². The molecule has 0 aliphatic heterocycles. The average Bonchev–Trinajstić information content (AvgIpc) is 2.96. The van der Waals surface area contributed by atoms with Crippen LogP contribution in [0, 0.1) is 5.92 Å². The van der Waals surface area contributed by atoms with E-state index in [9.17, 15) is 5.11 Å². The molecule has 2 fully saturated rings. The highest BCUT2D eigenvalue weighted by molar-refractivity contribution is 5.02. The van der Waals surface area contributed by atoms with Crippen LogP contribution in [0.5, 0.6) is 0 Å². The van der Waals surface area contributed by atoms with Crippen LogP contribution in [0.25, 0.3) is 0 Å². The van der Waals surface area contributed by atoms with Crippen LogP contribution in [-0.2, 0) is 4.74 Å². The van der Waals surface area contributed by atoms with E-state index in [0.29, 0.717) is 24.7 Å². The molecule has 0 aromatic carbocycles.